The molecule has 0 unspecified atom stereocenters. The molecule has 31 heavy (non-hydrogen) atoms. The Morgan fingerprint density at radius 3 is 2.61 bits per heavy atom. The third kappa shape index (κ3) is 3.22. The molecule has 0 amide bonds. The summed E-state index contributed by atoms with van der Waals surface area (Å²) in [5.41, 5.74) is 3.03. The Hall–Kier alpha value is -3.74. The Labute approximate surface area is 179 Å². The fraction of sp³-hybridized carbons (Fsp3) is 0.208. The van der Waals surface area contributed by atoms with Gasteiger partial charge in [0.15, 0.2) is 11.5 Å². The van der Waals surface area contributed by atoms with E-state index in [1.165, 1.54) is 12.1 Å². The maximum Gasteiger partial charge on any atom is 0.214 e. The SMILES string of the molecule is COc1ccc(O)c(C2=NN3[C@H](C2)c2cccc(OC)c2O[C@H]3c2ccc(F)cc2)c1. The predicted molar refractivity (Wildman–Crippen MR) is 113 cm³/mol. The standard InChI is InChI=1S/C24H21FN2O4/c1-29-16-10-11-21(28)18(12-16)19-13-20-17-4-3-5-22(30-2)23(17)31-24(27(20)26-19)14-6-8-15(25)9-7-14/h3-12,20,24,28H,13H2,1-2H3/t20-,24+/m1/s1. The summed E-state index contributed by atoms with van der Waals surface area (Å²) >= 11 is 0. The van der Waals surface area contributed by atoms with E-state index in [1.54, 1.807) is 44.6 Å². The van der Waals surface area contributed by atoms with Gasteiger partial charge < -0.3 is 19.3 Å². The van der Waals surface area contributed by atoms with Crippen LogP contribution < -0.4 is 14.2 Å². The van der Waals surface area contributed by atoms with Crippen LogP contribution in [0.25, 0.3) is 0 Å². The lowest BCUT2D eigenvalue weighted by Gasteiger charge is -2.38. The number of hydrogen-bond donors (Lipinski definition) is 1. The molecule has 2 aliphatic heterocycles. The Morgan fingerprint density at radius 2 is 1.87 bits per heavy atom. The molecule has 0 saturated heterocycles. The van der Waals surface area contributed by atoms with Crippen LogP contribution in [-0.2, 0) is 0 Å². The van der Waals surface area contributed by atoms with Crippen LogP contribution in [0.2, 0.25) is 0 Å². The highest BCUT2D eigenvalue weighted by Gasteiger charge is 2.42. The number of rotatable bonds is 4. The number of fused-ring (bicyclic) bond motifs is 3. The third-order valence-corrected chi connectivity index (χ3v) is 5.67. The smallest absolute Gasteiger partial charge is 0.214 e. The van der Waals surface area contributed by atoms with Gasteiger partial charge in [-0.3, -0.25) is 0 Å². The van der Waals surface area contributed by atoms with Gasteiger partial charge >= 0.3 is 0 Å². The zero-order valence-corrected chi connectivity index (χ0v) is 17.1. The number of methoxy groups -OCH3 is 2. The molecule has 5 rings (SSSR count). The van der Waals surface area contributed by atoms with Crippen LogP contribution in [0.5, 0.6) is 23.0 Å². The van der Waals surface area contributed by atoms with Gasteiger partial charge in [0.1, 0.15) is 17.3 Å². The number of hydrogen-bond acceptors (Lipinski definition) is 6. The summed E-state index contributed by atoms with van der Waals surface area (Å²) in [5.74, 6) is 1.72. The highest BCUT2D eigenvalue weighted by atomic mass is 19.1. The summed E-state index contributed by atoms with van der Waals surface area (Å²) in [7, 11) is 3.18. The van der Waals surface area contributed by atoms with Crippen molar-refractivity contribution in [3.05, 3.63) is 83.2 Å². The topological polar surface area (TPSA) is 63.5 Å². The van der Waals surface area contributed by atoms with E-state index in [1.807, 2.05) is 23.2 Å². The number of ether oxygens (including phenoxy) is 3. The van der Waals surface area contributed by atoms with Crippen molar-refractivity contribution in [3.63, 3.8) is 0 Å². The van der Waals surface area contributed by atoms with Crippen molar-refractivity contribution in [2.75, 3.05) is 14.2 Å². The van der Waals surface area contributed by atoms with E-state index >= 15 is 0 Å². The summed E-state index contributed by atoms with van der Waals surface area (Å²) in [5, 5.41) is 17.2. The number of aromatic hydroxyl groups is 1. The summed E-state index contributed by atoms with van der Waals surface area (Å²) < 4.78 is 30.7. The number of hydrazone groups is 1. The molecule has 158 valence electrons. The van der Waals surface area contributed by atoms with Crippen LogP contribution in [-0.4, -0.2) is 30.0 Å². The van der Waals surface area contributed by atoms with Crippen LogP contribution in [0.3, 0.4) is 0 Å². The first-order valence-corrected chi connectivity index (χ1v) is 9.91. The molecule has 0 aromatic heterocycles. The summed E-state index contributed by atoms with van der Waals surface area (Å²) in [4.78, 5) is 0. The van der Waals surface area contributed by atoms with Crippen molar-refractivity contribution in [2.45, 2.75) is 18.7 Å². The summed E-state index contributed by atoms with van der Waals surface area (Å²) in [6, 6.07) is 16.9. The molecule has 3 aromatic rings. The molecule has 6 nitrogen and oxygen atoms in total. The van der Waals surface area contributed by atoms with Crippen LogP contribution in [0.1, 0.15) is 35.4 Å². The molecule has 0 fully saturated rings. The number of benzene rings is 3. The minimum absolute atomic E-state index is 0.129. The van der Waals surface area contributed by atoms with E-state index in [0.29, 0.717) is 34.9 Å². The third-order valence-electron chi connectivity index (χ3n) is 5.67. The van der Waals surface area contributed by atoms with Crippen molar-refractivity contribution in [1.82, 2.24) is 5.01 Å². The Balaban J connectivity index is 1.63. The van der Waals surface area contributed by atoms with Crippen molar-refractivity contribution < 1.29 is 23.7 Å². The Kier molecular flexibility index (Phi) is 4.66. The van der Waals surface area contributed by atoms with Gasteiger partial charge in [0.25, 0.3) is 0 Å². The van der Waals surface area contributed by atoms with E-state index < -0.39 is 6.23 Å². The van der Waals surface area contributed by atoms with Crippen LogP contribution in [0.15, 0.2) is 65.8 Å². The van der Waals surface area contributed by atoms with Gasteiger partial charge in [-0.15, -0.1) is 0 Å². The Bertz CT molecular complexity index is 1160. The van der Waals surface area contributed by atoms with Gasteiger partial charge in [-0.25, -0.2) is 9.40 Å². The largest absolute Gasteiger partial charge is 0.507 e. The van der Waals surface area contributed by atoms with Gasteiger partial charge in [-0.05, 0) is 36.4 Å². The normalized spacial score (nSPS) is 19.2. The highest BCUT2D eigenvalue weighted by Crippen LogP contribution is 2.51. The lowest BCUT2D eigenvalue weighted by Crippen LogP contribution is -2.33. The van der Waals surface area contributed by atoms with E-state index in [4.69, 9.17) is 19.3 Å². The van der Waals surface area contributed by atoms with Gasteiger partial charge in [0.2, 0.25) is 6.23 Å². The molecule has 3 aromatic carbocycles. The number of phenols is 1. The van der Waals surface area contributed by atoms with Crippen LogP contribution >= 0.6 is 0 Å². The lowest BCUT2D eigenvalue weighted by atomic mass is 9.95. The molecule has 0 radical (unpaired) electrons. The van der Waals surface area contributed by atoms with Gasteiger partial charge in [0, 0.05) is 23.1 Å². The molecule has 2 aliphatic rings. The van der Waals surface area contributed by atoms with E-state index in [2.05, 4.69) is 0 Å². The maximum absolute atomic E-state index is 13.5. The number of para-hydroxylation sites is 1. The number of nitrogens with zero attached hydrogens (tertiary/aromatic N) is 2. The van der Waals surface area contributed by atoms with Gasteiger partial charge in [-0.2, -0.15) is 5.10 Å². The Morgan fingerprint density at radius 1 is 1.06 bits per heavy atom. The fourth-order valence-corrected chi connectivity index (χ4v) is 4.13. The van der Waals surface area contributed by atoms with Crippen molar-refractivity contribution in [1.29, 1.82) is 0 Å². The molecule has 1 N–H and O–H groups in total. The molecular formula is C24H21FN2O4. The minimum Gasteiger partial charge on any atom is -0.507 e. The molecular weight excluding hydrogens is 399 g/mol. The zero-order valence-electron chi connectivity index (χ0n) is 17.1. The average Bonchev–Trinajstić information content (AvgIpc) is 3.24. The van der Waals surface area contributed by atoms with Crippen LogP contribution in [0, 0.1) is 5.82 Å². The highest BCUT2D eigenvalue weighted by molar-refractivity contribution is 6.04. The maximum atomic E-state index is 13.5. The molecule has 0 aliphatic carbocycles. The van der Waals surface area contributed by atoms with Crippen molar-refractivity contribution in [2.24, 2.45) is 5.10 Å². The van der Waals surface area contributed by atoms with Crippen molar-refractivity contribution in [3.8, 4) is 23.0 Å². The molecule has 2 atom stereocenters. The quantitative estimate of drug-likeness (QED) is 0.658. The molecule has 0 bridgehead atoms. The van der Waals surface area contributed by atoms with Gasteiger partial charge in [0.05, 0.1) is 26.0 Å². The summed E-state index contributed by atoms with van der Waals surface area (Å²) in [6.45, 7) is 0. The zero-order chi connectivity index (χ0) is 21.5. The first kappa shape index (κ1) is 19.2. The average molecular weight is 420 g/mol. The van der Waals surface area contributed by atoms with E-state index in [-0.39, 0.29) is 17.6 Å². The molecule has 0 saturated carbocycles. The number of halogens is 1. The second-order valence-electron chi connectivity index (χ2n) is 7.43. The fourth-order valence-electron chi connectivity index (χ4n) is 4.13. The number of phenolic OH excluding ortho intramolecular Hbond substituents is 1. The monoisotopic (exact) mass is 420 g/mol. The minimum atomic E-state index is -0.570. The summed E-state index contributed by atoms with van der Waals surface area (Å²) in [6.07, 6.45) is -0.0123. The van der Waals surface area contributed by atoms with Crippen LogP contribution in [0.4, 0.5) is 4.39 Å². The van der Waals surface area contributed by atoms with E-state index in [0.717, 1.165) is 11.1 Å². The molecule has 7 heteroatoms. The first-order chi connectivity index (χ1) is 15.1. The second kappa shape index (κ2) is 7.50. The first-order valence-electron chi connectivity index (χ1n) is 9.91. The predicted octanol–water partition coefficient (Wildman–Crippen LogP) is 4.79. The molecule has 2 heterocycles. The second-order valence-corrected chi connectivity index (χ2v) is 7.43. The van der Waals surface area contributed by atoms with E-state index in [9.17, 15) is 9.50 Å². The van der Waals surface area contributed by atoms with Crippen molar-refractivity contribution >= 4 is 5.71 Å². The lowest BCUT2D eigenvalue weighted by molar-refractivity contribution is -0.0209. The van der Waals surface area contributed by atoms with Gasteiger partial charge in [-0.1, -0.05) is 24.3 Å². The molecule has 0 spiro atoms.